The monoisotopic (exact) mass is 598 g/mol. The van der Waals surface area contributed by atoms with Crippen molar-refractivity contribution in [3.8, 4) is 17.2 Å². The Labute approximate surface area is 239 Å². The third kappa shape index (κ3) is 6.64. The number of aliphatic carboxylic acids is 1. The Morgan fingerprint density at radius 1 is 1.20 bits per heavy atom. The number of alkyl halides is 1. The zero-order valence-corrected chi connectivity index (χ0v) is 24.5. The highest BCUT2D eigenvalue weighted by molar-refractivity contribution is 7.89. The number of carboxylic acids is 1. The molecule has 4 rings (SSSR count). The fourth-order valence-electron chi connectivity index (χ4n) is 5.56. The van der Waals surface area contributed by atoms with E-state index in [0.717, 1.165) is 5.56 Å². The minimum atomic E-state index is -3.57. The van der Waals surface area contributed by atoms with Crippen LogP contribution in [0.5, 0.6) is 17.2 Å². The largest absolute Gasteiger partial charge is 0.494 e. The summed E-state index contributed by atoms with van der Waals surface area (Å²) in [4.78, 5) is 14.7. The van der Waals surface area contributed by atoms with Gasteiger partial charge in [-0.1, -0.05) is 26.0 Å². The molecule has 2 aliphatic heterocycles. The molecule has 2 aromatic carbocycles. The zero-order chi connectivity index (χ0) is 29.0. The predicted octanol–water partition coefficient (Wildman–Crippen LogP) is 4.32. The number of nitrogens with zero attached hydrogens (tertiary/aromatic N) is 2. The summed E-state index contributed by atoms with van der Waals surface area (Å²) in [6.07, 6.45) is 0.337. The van der Waals surface area contributed by atoms with Crippen LogP contribution in [0.2, 0.25) is 0 Å². The van der Waals surface area contributed by atoms with E-state index < -0.39 is 39.7 Å². The number of hydrogen-bond donors (Lipinski definition) is 1. The lowest BCUT2D eigenvalue weighted by atomic mass is 9.82. The molecule has 1 fully saturated rings. The molecule has 0 aromatic heterocycles. The average Bonchev–Trinajstić information content (AvgIpc) is 3.54. The number of likely N-dealkylation sites (tertiary alicyclic amines) is 1. The van der Waals surface area contributed by atoms with E-state index in [1.807, 2.05) is 24.8 Å². The van der Waals surface area contributed by atoms with Gasteiger partial charge >= 0.3 is 5.97 Å². The first-order valence-electron chi connectivity index (χ1n) is 13.3. The van der Waals surface area contributed by atoms with Gasteiger partial charge in [-0.15, -0.1) is 11.6 Å². The Bertz CT molecular complexity index is 1310. The van der Waals surface area contributed by atoms with Crippen LogP contribution in [0.3, 0.4) is 0 Å². The third-order valence-corrected chi connectivity index (χ3v) is 9.55. The number of sulfonamides is 1. The first-order chi connectivity index (χ1) is 19.1. The molecule has 2 aromatic rings. The molecule has 0 aliphatic carbocycles. The lowest BCUT2D eigenvalue weighted by Gasteiger charge is -2.30. The van der Waals surface area contributed by atoms with Gasteiger partial charge in [0.15, 0.2) is 23.1 Å². The number of ether oxygens (including phenoxy) is 3. The molecule has 3 atom stereocenters. The summed E-state index contributed by atoms with van der Waals surface area (Å²) in [6, 6.07) is 9.12. The number of rotatable bonds is 13. The molecule has 1 N–H and O–H groups in total. The molecule has 0 spiro atoms. The number of halogens is 2. The molecule has 0 bridgehead atoms. The SMILES string of the molecule is COc1ccc(C2C(C(=O)O)C(c3ccc4c(c3)OCO4)CN2CCN(CC(C)C)S(=O)(=O)CCCCl)cc1F. The van der Waals surface area contributed by atoms with Gasteiger partial charge < -0.3 is 19.3 Å². The second-order valence-corrected chi connectivity index (χ2v) is 13.0. The predicted molar refractivity (Wildman–Crippen MR) is 149 cm³/mol. The van der Waals surface area contributed by atoms with Crippen LogP contribution in [0.15, 0.2) is 36.4 Å². The lowest BCUT2D eigenvalue weighted by Crippen LogP contribution is -2.42. The third-order valence-electron chi connectivity index (χ3n) is 7.36. The van der Waals surface area contributed by atoms with E-state index in [1.54, 1.807) is 18.2 Å². The standard InChI is InChI=1S/C28H36ClFN2O7S/c1-18(2)15-32(40(35,36)12-4-9-29)11-10-31-16-21(19-5-8-24-25(14-19)39-17-38-24)26(28(33)34)27(31)20-6-7-23(37-3)22(30)13-20/h5-8,13-14,18,21,26-27H,4,9-12,15-17H2,1-3H3,(H,33,34). The van der Waals surface area contributed by atoms with Crippen molar-refractivity contribution in [2.75, 3.05) is 51.7 Å². The van der Waals surface area contributed by atoms with Gasteiger partial charge in [0.05, 0.1) is 18.8 Å². The fourth-order valence-corrected chi connectivity index (χ4v) is 7.51. The molecule has 40 heavy (non-hydrogen) atoms. The van der Waals surface area contributed by atoms with E-state index in [-0.39, 0.29) is 43.2 Å². The van der Waals surface area contributed by atoms with Crippen molar-refractivity contribution in [2.24, 2.45) is 11.8 Å². The van der Waals surface area contributed by atoms with Crippen LogP contribution in [0, 0.1) is 17.7 Å². The smallest absolute Gasteiger partial charge is 0.309 e. The van der Waals surface area contributed by atoms with Gasteiger partial charge in [-0.2, -0.15) is 0 Å². The summed E-state index contributed by atoms with van der Waals surface area (Å²) >= 11 is 5.77. The summed E-state index contributed by atoms with van der Waals surface area (Å²) in [6.45, 7) is 5.06. The van der Waals surface area contributed by atoms with Gasteiger partial charge in [0.2, 0.25) is 16.8 Å². The first-order valence-corrected chi connectivity index (χ1v) is 15.4. The van der Waals surface area contributed by atoms with Crippen molar-refractivity contribution < 1.29 is 36.9 Å². The number of carbonyl (C=O) groups is 1. The zero-order valence-electron chi connectivity index (χ0n) is 22.9. The van der Waals surface area contributed by atoms with Crippen LogP contribution < -0.4 is 14.2 Å². The van der Waals surface area contributed by atoms with Crippen LogP contribution in [-0.4, -0.2) is 80.4 Å². The molecule has 0 radical (unpaired) electrons. The molecule has 12 heteroatoms. The van der Waals surface area contributed by atoms with E-state index in [9.17, 15) is 22.7 Å². The highest BCUT2D eigenvalue weighted by atomic mass is 35.5. The van der Waals surface area contributed by atoms with Gasteiger partial charge in [-0.3, -0.25) is 9.69 Å². The summed E-state index contributed by atoms with van der Waals surface area (Å²) in [5.74, 6) is -1.57. The first kappa shape index (κ1) is 30.4. The van der Waals surface area contributed by atoms with Crippen molar-refractivity contribution in [1.82, 2.24) is 9.21 Å². The molecule has 0 amide bonds. The summed E-state index contributed by atoms with van der Waals surface area (Å²) < 4.78 is 58.6. The van der Waals surface area contributed by atoms with Crippen LogP contribution in [0.1, 0.15) is 43.4 Å². The molecule has 9 nitrogen and oxygen atoms in total. The molecule has 0 saturated carbocycles. The minimum Gasteiger partial charge on any atom is -0.494 e. The number of fused-ring (bicyclic) bond motifs is 1. The maximum atomic E-state index is 14.8. The van der Waals surface area contributed by atoms with Crippen LogP contribution >= 0.6 is 11.6 Å². The summed E-state index contributed by atoms with van der Waals surface area (Å²) in [5.41, 5.74) is 1.24. The van der Waals surface area contributed by atoms with Gasteiger partial charge in [0, 0.05) is 44.0 Å². The van der Waals surface area contributed by atoms with E-state index in [4.69, 9.17) is 25.8 Å². The Hall–Kier alpha value is -2.60. The van der Waals surface area contributed by atoms with Gasteiger partial charge in [-0.25, -0.2) is 17.1 Å². The van der Waals surface area contributed by atoms with Crippen molar-refractivity contribution in [1.29, 1.82) is 0 Å². The van der Waals surface area contributed by atoms with E-state index in [2.05, 4.69) is 0 Å². The second-order valence-electron chi connectivity index (χ2n) is 10.5. The van der Waals surface area contributed by atoms with E-state index in [0.29, 0.717) is 36.6 Å². The fraction of sp³-hybridized carbons (Fsp3) is 0.536. The maximum absolute atomic E-state index is 14.8. The molecular formula is C28H36ClFN2O7S. The van der Waals surface area contributed by atoms with Crippen LogP contribution in [-0.2, 0) is 14.8 Å². The Balaban J connectivity index is 1.70. The summed E-state index contributed by atoms with van der Waals surface area (Å²) in [7, 11) is -2.21. The quantitative estimate of drug-likeness (QED) is 0.340. The molecule has 2 heterocycles. The van der Waals surface area contributed by atoms with Crippen LogP contribution in [0.4, 0.5) is 4.39 Å². The normalized spacial score (nSPS) is 20.9. The van der Waals surface area contributed by atoms with Crippen molar-refractivity contribution >= 4 is 27.6 Å². The highest BCUT2D eigenvalue weighted by Crippen LogP contribution is 2.48. The topological polar surface area (TPSA) is 106 Å². The molecule has 2 aliphatic rings. The minimum absolute atomic E-state index is 0.0565. The van der Waals surface area contributed by atoms with Crippen LogP contribution in [0.25, 0.3) is 0 Å². The van der Waals surface area contributed by atoms with Crippen molar-refractivity contribution in [3.05, 3.63) is 53.3 Å². The molecule has 220 valence electrons. The lowest BCUT2D eigenvalue weighted by molar-refractivity contribution is -0.143. The average molecular weight is 599 g/mol. The number of carboxylic acid groups (broad SMARTS) is 1. The Kier molecular flexibility index (Phi) is 9.81. The number of hydrogen-bond acceptors (Lipinski definition) is 7. The molecular weight excluding hydrogens is 563 g/mol. The second kappa shape index (κ2) is 12.9. The number of benzene rings is 2. The Morgan fingerprint density at radius 2 is 1.93 bits per heavy atom. The van der Waals surface area contributed by atoms with Gasteiger partial charge in [0.25, 0.3) is 0 Å². The van der Waals surface area contributed by atoms with Gasteiger partial charge in [-0.05, 0) is 47.7 Å². The van der Waals surface area contributed by atoms with E-state index >= 15 is 0 Å². The number of methoxy groups -OCH3 is 1. The van der Waals surface area contributed by atoms with Crippen molar-refractivity contribution in [2.45, 2.75) is 32.2 Å². The highest BCUT2D eigenvalue weighted by Gasteiger charge is 2.48. The maximum Gasteiger partial charge on any atom is 0.309 e. The Morgan fingerprint density at radius 3 is 2.58 bits per heavy atom. The molecule has 3 unspecified atom stereocenters. The van der Waals surface area contributed by atoms with E-state index in [1.165, 1.54) is 23.5 Å². The van der Waals surface area contributed by atoms with Crippen molar-refractivity contribution in [3.63, 3.8) is 0 Å². The van der Waals surface area contributed by atoms with Gasteiger partial charge in [0.1, 0.15) is 0 Å². The molecule has 1 saturated heterocycles. The summed E-state index contributed by atoms with van der Waals surface area (Å²) in [5, 5.41) is 10.5.